The van der Waals surface area contributed by atoms with Crippen LogP contribution in [0.1, 0.15) is 19.3 Å². The van der Waals surface area contributed by atoms with Crippen molar-refractivity contribution in [1.82, 2.24) is 5.32 Å². The second kappa shape index (κ2) is 4.57. The minimum absolute atomic E-state index is 0.653. The first-order valence-electron chi connectivity index (χ1n) is 6.53. The Balaban J connectivity index is 1.91. The van der Waals surface area contributed by atoms with E-state index in [0.717, 1.165) is 18.8 Å². The van der Waals surface area contributed by atoms with E-state index >= 15 is 0 Å². The summed E-state index contributed by atoms with van der Waals surface area (Å²) in [6.45, 7) is 2.17. The van der Waals surface area contributed by atoms with E-state index in [1.165, 1.54) is 24.9 Å². The molecule has 1 saturated heterocycles. The summed E-state index contributed by atoms with van der Waals surface area (Å²) in [4.78, 5) is 2.53. The summed E-state index contributed by atoms with van der Waals surface area (Å²) in [5.74, 6) is 1.00. The molecular weight excluding hydrogens is 212 g/mol. The average Bonchev–Trinajstić information content (AvgIpc) is 2.86. The van der Waals surface area contributed by atoms with Gasteiger partial charge in [0, 0.05) is 25.2 Å². The van der Waals surface area contributed by atoms with Crippen LogP contribution in [0.4, 0.5) is 5.69 Å². The molecule has 1 aliphatic heterocycles. The monoisotopic (exact) mass is 232 g/mol. The molecule has 2 aliphatic rings. The van der Waals surface area contributed by atoms with Crippen molar-refractivity contribution in [2.24, 2.45) is 0 Å². The molecule has 1 aromatic carbocycles. The Hall–Kier alpha value is -1.22. The largest absolute Gasteiger partial charge is 0.495 e. The van der Waals surface area contributed by atoms with E-state index in [1.54, 1.807) is 7.11 Å². The number of benzene rings is 1. The lowest BCUT2D eigenvalue weighted by Crippen LogP contribution is -2.55. The van der Waals surface area contributed by atoms with Crippen LogP contribution in [0.3, 0.4) is 0 Å². The maximum atomic E-state index is 5.48. The highest BCUT2D eigenvalue weighted by Gasteiger charge is 2.35. The topological polar surface area (TPSA) is 24.5 Å². The fraction of sp³-hybridized carbons (Fsp3) is 0.571. The summed E-state index contributed by atoms with van der Waals surface area (Å²) in [6.07, 6.45) is 3.96. The zero-order valence-electron chi connectivity index (χ0n) is 10.4. The molecule has 3 heteroatoms. The van der Waals surface area contributed by atoms with Gasteiger partial charge in [-0.15, -0.1) is 0 Å². The van der Waals surface area contributed by atoms with E-state index in [4.69, 9.17) is 4.74 Å². The number of para-hydroxylation sites is 2. The van der Waals surface area contributed by atoms with Gasteiger partial charge in [-0.3, -0.25) is 0 Å². The fourth-order valence-corrected chi connectivity index (χ4v) is 3.25. The number of nitrogens with one attached hydrogen (secondary N) is 1. The predicted molar refractivity (Wildman–Crippen MR) is 69.8 cm³/mol. The second-order valence-electron chi connectivity index (χ2n) is 4.92. The first-order chi connectivity index (χ1) is 8.40. The summed E-state index contributed by atoms with van der Waals surface area (Å²) in [5, 5.41) is 3.64. The number of rotatable bonds is 2. The molecule has 92 valence electrons. The van der Waals surface area contributed by atoms with Crippen LogP contribution in [0.2, 0.25) is 0 Å². The van der Waals surface area contributed by atoms with Gasteiger partial charge in [0.05, 0.1) is 12.8 Å². The van der Waals surface area contributed by atoms with Crippen molar-refractivity contribution in [1.29, 1.82) is 0 Å². The number of nitrogens with zero attached hydrogens (tertiary/aromatic N) is 1. The maximum absolute atomic E-state index is 5.48. The number of fused-ring (bicyclic) bond motifs is 1. The normalized spacial score (nSPS) is 27.9. The van der Waals surface area contributed by atoms with Crippen molar-refractivity contribution in [2.45, 2.75) is 31.3 Å². The first kappa shape index (κ1) is 10.9. The minimum Gasteiger partial charge on any atom is -0.495 e. The van der Waals surface area contributed by atoms with Gasteiger partial charge in [0.1, 0.15) is 5.75 Å². The first-order valence-corrected chi connectivity index (χ1v) is 6.53. The Labute approximate surface area is 103 Å². The molecule has 0 spiro atoms. The molecular formula is C14H20N2O. The van der Waals surface area contributed by atoms with Gasteiger partial charge in [0.25, 0.3) is 0 Å². The smallest absolute Gasteiger partial charge is 0.142 e. The summed E-state index contributed by atoms with van der Waals surface area (Å²) in [6, 6.07) is 9.70. The van der Waals surface area contributed by atoms with Crippen LogP contribution in [-0.2, 0) is 0 Å². The Morgan fingerprint density at radius 3 is 3.06 bits per heavy atom. The van der Waals surface area contributed by atoms with Crippen LogP contribution in [0.25, 0.3) is 0 Å². The Bertz CT molecular complexity index is 394. The molecule has 1 heterocycles. The fourth-order valence-electron chi connectivity index (χ4n) is 3.25. The molecule has 0 aromatic heterocycles. The zero-order chi connectivity index (χ0) is 11.7. The number of ether oxygens (including phenoxy) is 1. The van der Waals surface area contributed by atoms with Crippen molar-refractivity contribution in [3.63, 3.8) is 0 Å². The van der Waals surface area contributed by atoms with E-state index in [2.05, 4.69) is 28.4 Å². The lowest BCUT2D eigenvalue weighted by molar-refractivity contribution is 0.386. The molecule has 17 heavy (non-hydrogen) atoms. The number of hydrogen-bond acceptors (Lipinski definition) is 3. The molecule has 0 radical (unpaired) electrons. The van der Waals surface area contributed by atoms with E-state index in [-0.39, 0.29) is 0 Å². The standard InChI is InChI=1S/C14H20N2O/c1-17-14-8-3-2-6-13(14)16-10-9-15-11-5-4-7-12(11)16/h2-3,6,8,11-12,15H,4-5,7,9-10H2,1H3/t11-,12+/m1/s1. The Morgan fingerprint density at radius 1 is 1.29 bits per heavy atom. The third-order valence-corrected chi connectivity index (χ3v) is 4.03. The van der Waals surface area contributed by atoms with E-state index in [1.807, 2.05) is 6.07 Å². The van der Waals surface area contributed by atoms with Gasteiger partial charge in [0.2, 0.25) is 0 Å². The molecule has 0 unspecified atom stereocenters. The molecule has 3 nitrogen and oxygen atoms in total. The third kappa shape index (κ3) is 1.89. The molecule has 1 saturated carbocycles. The lowest BCUT2D eigenvalue weighted by atomic mass is 10.1. The number of methoxy groups -OCH3 is 1. The lowest BCUT2D eigenvalue weighted by Gasteiger charge is -2.40. The molecule has 0 amide bonds. The van der Waals surface area contributed by atoms with Crippen LogP contribution >= 0.6 is 0 Å². The Morgan fingerprint density at radius 2 is 2.18 bits per heavy atom. The summed E-state index contributed by atoms with van der Waals surface area (Å²) < 4.78 is 5.48. The van der Waals surface area contributed by atoms with Crippen LogP contribution in [-0.4, -0.2) is 32.3 Å². The molecule has 2 fully saturated rings. The van der Waals surface area contributed by atoms with Crippen LogP contribution in [0, 0.1) is 0 Å². The van der Waals surface area contributed by atoms with Gasteiger partial charge < -0.3 is 15.0 Å². The maximum Gasteiger partial charge on any atom is 0.142 e. The van der Waals surface area contributed by atoms with Crippen molar-refractivity contribution in [3.05, 3.63) is 24.3 Å². The van der Waals surface area contributed by atoms with Gasteiger partial charge in [-0.1, -0.05) is 12.1 Å². The molecule has 3 rings (SSSR count). The van der Waals surface area contributed by atoms with Crippen molar-refractivity contribution >= 4 is 5.69 Å². The summed E-state index contributed by atoms with van der Waals surface area (Å²) >= 11 is 0. The molecule has 0 bridgehead atoms. The highest BCUT2D eigenvalue weighted by atomic mass is 16.5. The van der Waals surface area contributed by atoms with Gasteiger partial charge in [-0.2, -0.15) is 0 Å². The summed E-state index contributed by atoms with van der Waals surface area (Å²) in [7, 11) is 1.76. The molecule has 1 N–H and O–H groups in total. The zero-order valence-corrected chi connectivity index (χ0v) is 10.4. The highest BCUT2D eigenvalue weighted by Crippen LogP contribution is 2.35. The van der Waals surface area contributed by atoms with Crippen LogP contribution in [0.15, 0.2) is 24.3 Å². The minimum atomic E-state index is 0.653. The second-order valence-corrected chi connectivity index (χ2v) is 4.92. The van der Waals surface area contributed by atoms with Crippen LogP contribution in [0.5, 0.6) is 5.75 Å². The van der Waals surface area contributed by atoms with Crippen molar-refractivity contribution < 1.29 is 4.74 Å². The van der Waals surface area contributed by atoms with Gasteiger partial charge in [-0.05, 0) is 31.4 Å². The average molecular weight is 232 g/mol. The number of anilines is 1. The van der Waals surface area contributed by atoms with Gasteiger partial charge in [0.15, 0.2) is 0 Å². The Kier molecular flexibility index (Phi) is 2.93. The molecule has 1 aromatic rings. The SMILES string of the molecule is COc1ccccc1N1CCN[C@@H]2CCC[C@@H]21. The highest BCUT2D eigenvalue weighted by molar-refractivity contribution is 5.59. The summed E-state index contributed by atoms with van der Waals surface area (Å²) in [5.41, 5.74) is 1.26. The quantitative estimate of drug-likeness (QED) is 0.844. The van der Waals surface area contributed by atoms with Crippen LogP contribution < -0.4 is 15.0 Å². The number of piperazine rings is 1. The van der Waals surface area contributed by atoms with Crippen molar-refractivity contribution in [2.75, 3.05) is 25.1 Å². The van der Waals surface area contributed by atoms with E-state index < -0.39 is 0 Å². The third-order valence-electron chi connectivity index (χ3n) is 4.03. The molecule has 1 aliphatic carbocycles. The number of hydrogen-bond donors (Lipinski definition) is 1. The van der Waals surface area contributed by atoms with Gasteiger partial charge >= 0.3 is 0 Å². The predicted octanol–water partition coefficient (Wildman–Crippen LogP) is 2.03. The molecule has 2 atom stereocenters. The van der Waals surface area contributed by atoms with Gasteiger partial charge in [-0.25, -0.2) is 0 Å². The van der Waals surface area contributed by atoms with E-state index in [0.29, 0.717) is 12.1 Å². The van der Waals surface area contributed by atoms with E-state index in [9.17, 15) is 0 Å². The van der Waals surface area contributed by atoms with Crippen molar-refractivity contribution in [3.8, 4) is 5.75 Å².